The van der Waals surface area contributed by atoms with E-state index in [1.165, 1.54) is 25.7 Å². The van der Waals surface area contributed by atoms with E-state index in [2.05, 4.69) is 20.2 Å². The van der Waals surface area contributed by atoms with Crippen molar-refractivity contribution in [2.75, 3.05) is 32.1 Å². The fourth-order valence-electron chi connectivity index (χ4n) is 4.27. The van der Waals surface area contributed by atoms with Crippen molar-refractivity contribution in [3.63, 3.8) is 0 Å². The maximum Gasteiger partial charge on any atom is 0.255 e. The third-order valence-corrected chi connectivity index (χ3v) is 5.84. The number of ether oxygens (including phenoxy) is 1. The van der Waals surface area contributed by atoms with E-state index < -0.39 is 0 Å². The molecule has 3 rings (SSSR count). The van der Waals surface area contributed by atoms with Crippen LogP contribution >= 0.6 is 0 Å². The second-order valence-electron chi connectivity index (χ2n) is 7.33. The van der Waals surface area contributed by atoms with Gasteiger partial charge in [-0.25, -0.2) is 4.98 Å². The summed E-state index contributed by atoms with van der Waals surface area (Å²) in [5, 5.41) is 3.50. The van der Waals surface area contributed by atoms with Gasteiger partial charge in [-0.3, -0.25) is 9.69 Å². The zero-order valence-corrected chi connectivity index (χ0v) is 15.2. The Hall–Kier alpha value is -1.40. The van der Waals surface area contributed by atoms with Crippen molar-refractivity contribution >= 4 is 5.82 Å². The average molecular weight is 334 g/mol. The van der Waals surface area contributed by atoms with Crippen molar-refractivity contribution in [3.8, 4) is 0 Å². The van der Waals surface area contributed by atoms with Gasteiger partial charge in [0, 0.05) is 32.3 Å². The first kappa shape index (κ1) is 17.4. The average Bonchev–Trinajstić information content (AvgIpc) is 3.07. The number of nitrogens with one attached hydrogen (secondary N) is 2. The number of aryl methyl sites for hydroxylation is 1. The Balaban J connectivity index is 1.72. The number of anilines is 1. The minimum Gasteiger partial charge on any atom is -0.381 e. The predicted octanol–water partition coefficient (Wildman–Crippen LogP) is 2.22. The number of hydrogen-bond donors (Lipinski definition) is 2. The molecule has 0 spiro atoms. The lowest BCUT2D eigenvalue weighted by Gasteiger charge is -2.45. The molecule has 0 unspecified atom stereocenters. The summed E-state index contributed by atoms with van der Waals surface area (Å²) in [5.74, 6) is 1.39. The van der Waals surface area contributed by atoms with Gasteiger partial charge in [-0.05, 0) is 39.5 Å². The van der Waals surface area contributed by atoms with E-state index in [1.807, 2.05) is 21.0 Å². The van der Waals surface area contributed by atoms with Crippen LogP contribution in [0.1, 0.15) is 49.9 Å². The van der Waals surface area contributed by atoms with Crippen molar-refractivity contribution < 1.29 is 4.74 Å². The van der Waals surface area contributed by atoms with Crippen LogP contribution in [0.3, 0.4) is 0 Å². The summed E-state index contributed by atoms with van der Waals surface area (Å²) >= 11 is 0. The topological polar surface area (TPSA) is 70.2 Å². The second-order valence-corrected chi connectivity index (χ2v) is 7.33. The number of hydrogen-bond acceptors (Lipinski definition) is 5. The Labute approximate surface area is 144 Å². The molecule has 1 saturated heterocycles. The van der Waals surface area contributed by atoms with E-state index in [4.69, 9.17) is 4.74 Å². The van der Waals surface area contributed by atoms with Crippen LogP contribution in [0.15, 0.2) is 4.79 Å². The summed E-state index contributed by atoms with van der Waals surface area (Å²) in [5.41, 5.74) is 0.821. The smallest absolute Gasteiger partial charge is 0.255 e. The molecular formula is C18H30N4O2. The van der Waals surface area contributed by atoms with Gasteiger partial charge in [-0.1, -0.05) is 12.8 Å². The van der Waals surface area contributed by atoms with E-state index in [-0.39, 0.29) is 11.1 Å². The van der Waals surface area contributed by atoms with Crippen LogP contribution in [0.2, 0.25) is 0 Å². The molecule has 0 aromatic carbocycles. The minimum absolute atomic E-state index is 0.0496. The summed E-state index contributed by atoms with van der Waals surface area (Å²) in [6, 6.07) is 0. The molecular weight excluding hydrogens is 304 g/mol. The van der Waals surface area contributed by atoms with Crippen LogP contribution in [0.25, 0.3) is 0 Å². The fraction of sp³-hybridized carbons (Fsp3) is 0.778. The SMILES string of the molecule is COC1CCN(C2(CNc3nc(C)[nH]c(=O)c3C)CCCC2)CC1. The molecule has 1 aliphatic carbocycles. The van der Waals surface area contributed by atoms with Gasteiger partial charge in [-0.15, -0.1) is 0 Å². The number of aromatic nitrogens is 2. The lowest BCUT2D eigenvalue weighted by Crippen LogP contribution is -2.55. The van der Waals surface area contributed by atoms with Gasteiger partial charge in [0.15, 0.2) is 0 Å². The predicted molar refractivity (Wildman–Crippen MR) is 95.6 cm³/mol. The maximum absolute atomic E-state index is 11.9. The highest BCUT2D eigenvalue weighted by Gasteiger charge is 2.41. The summed E-state index contributed by atoms with van der Waals surface area (Å²) in [4.78, 5) is 21.8. The first-order valence-corrected chi connectivity index (χ1v) is 9.13. The highest BCUT2D eigenvalue weighted by atomic mass is 16.5. The Morgan fingerprint density at radius 2 is 1.96 bits per heavy atom. The number of methoxy groups -OCH3 is 1. The molecule has 1 aliphatic heterocycles. The quantitative estimate of drug-likeness (QED) is 0.864. The van der Waals surface area contributed by atoms with Gasteiger partial charge < -0.3 is 15.0 Å². The van der Waals surface area contributed by atoms with Crippen molar-refractivity contribution in [2.45, 2.75) is 64.0 Å². The first-order valence-electron chi connectivity index (χ1n) is 9.13. The Kier molecular flexibility index (Phi) is 5.25. The first-order chi connectivity index (χ1) is 11.5. The van der Waals surface area contributed by atoms with Crippen molar-refractivity contribution in [2.24, 2.45) is 0 Å². The molecule has 24 heavy (non-hydrogen) atoms. The molecule has 6 nitrogen and oxygen atoms in total. The molecule has 2 aliphatic rings. The van der Waals surface area contributed by atoms with Crippen LogP contribution in [-0.4, -0.2) is 53.3 Å². The number of likely N-dealkylation sites (tertiary alicyclic amines) is 1. The number of aromatic amines is 1. The fourth-order valence-corrected chi connectivity index (χ4v) is 4.27. The number of piperidine rings is 1. The third kappa shape index (κ3) is 3.49. The zero-order valence-electron chi connectivity index (χ0n) is 15.2. The highest BCUT2D eigenvalue weighted by Crippen LogP contribution is 2.37. The van der Waals surface area contributed by atoms with E-state index >= 15 is 0 Å². The Morgan fingerprint density at radius 1 is 1.29 bits per heavy atom. The molecule has 1 saturated carbocycles. The van der Waals surface area contributed by atoms with E-state index in [9.17, 15) is 4.79 Å². The van der Waals surface area contributed by atoms with Gasteiger partial charge in [-0.2, -0.15) is 0 Å². The summed E-state index contributed by atoms with van der Waals surface area (Å²) in [6.07, 6.45) is 7.64. The Bertz CT molecular complexity index is 614. The van der Waals surface area contributed by atoms with Gasteiger partial charge >= 0.3 is 0 Å². The maximum atomic E-state index is 11.9. The normalized spacial score (nSPS) is 22.0. The molecule has 1 aromatic heterocycles. The highest BCUT2D eigenvalue weighted by molar-refractivity contribution is 5.42. The van der Waals surface area contributed by atoms with Crippen LogP contribution in [-0.2, 0) is 4.74 Å². The standard InChI is InChI=1S/C18H30N4O2/c1-13-16(20-14(2)21-17(13)23)19-12-18(8-4-5-9-18)22-10-6-15(24-3)7-11-22/h15H,4-12H2,1-3H3,(H2,19,20,21,23). The number of nitrogens with zero attached hydrogens (tertiary/aromatic N) is 2. The van der Waals surface area contributed by atoms with E-state index in [1.54, 1.807) is 0 Å². The van der Waals surface area contributed by atoms with Crippen LogP contribution < -0.4 is 10.9 Å². The van der Waals surface area contributed by atoms with Crippen LogP contribution in [0.5, 0.6) is 0 Å². The van der Waals surface area contributed by atoms with Crippen LogP contribution in [0.4, 0.5) is 5.82 Å². The minimum atomic E-state index is -0.0496. The number of H-pyrrole nitrogens is 1. The van der Waals surface area contributed by atoms with Gasteiger partial charge in [0.25, 0.3) is 5.56 Å². The van der Waals surface area contributed by atoms with Crippen molar-refractivity contribution in [3.05, 3.63) is 21.7 Å². The summed E-state index contributed by atoms with van der Waals surface area (Å²) in [7, 11) is 1.82. The largest absolute Gasteiger partial charge is 0.381 e. The zero-order chi connectivity index (χ0) is 17.2. The van der Waals surface area contributed by atoms with Crippen molar-refractivity contribution in [1.82, 2.24) is 14.9 Å². The molecule has 134 valence electrons. The molecule has 0 atom stereocenters. The van der Waals surface area contributed by atoms with Crippen molar-refractivity contribution in [1.29, 1.82) is 0 Å². The lowest BCUT2D eigenvalue weighted by molar-refractivity contribution is 0.00111. The molecule has 0 bridgehead atoms. The lowest BCUT2D eigenvalue weighted by atomic mass is 9.91. The van der Waals surface area contributed by atoms with Gasteiger partial charge in [0.2, 0.25) is 0 Å². The molecule has 2 heterocycles. The molecule has 0 radical (unpaired) electrons. The molecule has 2 N–H and O–H groups in total. The summed E-state index contributed by atoms with van der Waals surface area (Å²) < 4.78 is 5.52. The van der Waals surface area contributed by atoms with E-state index in [0.717, 1.165) is 38.3 Å². The molecule has 2 fully saturated rings. The van der Waals surface area contributed by atoms with Gasteiger partial charge in [0.1, 0.15) is 11.6 Å². The number of rotatable bonds is 5. The van der Waals surface area contributed by atoms with Gasteiger partial charge in [0.05, 0.1) is 11.7 Å². The summed E-state index contributed by atoms with van der Waals surface area (Å²) in [6.45, 7) is 6.72. The van der Waals surface area contributed by atoms with E-state index in [0.29, 0.717) is 17.5 Å². The third-order valence-electron chi connectivity index (χ3n) is 5.84. The Morgan fingerprint density at radius 3 is 2.58 bits per heavy atom. The monoisotopic (exact) mass is 334 g/mol. The second kappa shape index (κ2) is 7.23. The van der Waals surface area contributed by atoms with Crippen LogP contribution in [0, 0.1) is 13.8 Å². The molecule has 1 aromatic rings. The molecule has 6 heteroatoms. The molecule has 0 amide bonds.